The highest BCUT2D eigenvalue weighted by Crippen LogP contribution is 2.34. The Bertz CT molecular complexity index is 675. The van der Waals surface area contributed by atoms with Crippen molar-refractivity contribution >= 4 is 0 Å². The van der Waals surface area contributed by atoms with E-state index >= 15 is 0 Å². The van der Waals surface area contributed by atoms with Crippen LogP contribution in [0.1, 0.15) is 37.7 Å². The summed E-state index contributed by atoms with van der Waals surface area (Å²) in [5, 5.41) is 11.1. The average molecular weight is 355 g/mol. The van der Waals surface area contributed by atoms with Gasteiger partial charge in [0.05, 0.1) is 25.1 Å². The minimum atomic E-state index is 0.292. The highest BCUT2D eigenvalue weighted by atomic mass is 16.5. The highest BCUT2D eigenvalue weighted by Gasteiger charge is 2.38. The summed E-state index contributed by atoms with van der Waals surface area (Å²) in [5.74, 6) is 0. The van der Waals surface area contributed by atoms with Crippen molar-refractivity contribution in [2.45, 2.75) is 44.2 Å². The molecule has 2 aromatic rings. The number of nitrogens with zero attached hydrogens (tertiary/aromatic N) is 3. The number of morpholine rings is 1. The lowest BCUT2D eigenvalue weighted by molar-refractivity contribution is -0.0369. The van der Waals surface area contributed by atoms with Gasteiger partial charge in [0.15, 0.2) is 0 Å². The molecule has 1 aliphatic heterocycles. The molecule has 2 N–H and O–H groups in total. The standard InChI is InChI=1S/C20H29N5O/c1-2-6-20(7-3-1,25-9-11-26-12-10-25)16-22-14-18-15-23-24-19(18)17-5-4-8-21-13-17/h4-5,8,13,15,22H,1-3,6-7,9-12,14,16H2,(H,23,24). The number of H-pyrrole nitrogens is 1. The van der Waals surface area contributed by atoms with Crippen molar-refractivity contribution in [2.75, 3.05) is 32.8 Å². The Hall–Kier alpha value is -1.76. The Morgan fingerprint density at radius 3 is 2.77 bits per heavy atom. The molecule has 2 fully saturated rings. The van der Waals surface area contributed by atoms with Gasteiger partial charge >= 0.3 is 0 Å². The van der Waals surface area contributed by atoms with E-state index in [-0.39, 0.29) is 0 Å². The molecule has 1 saturated carbocycles. The maximum Gasteiger partial charge on any atom is 0.0710 e. The SMILES string of the molecule is c1cncc(-c2[nH]ncc2CNCC2(N3CCOCC3)CCCCC2)c1. The smallest absolute Gasteiger partial charge is 0.0710 e. The van der Waals surface area contributed by atoms with Crippen LogP contribution in [-0.4, -0.2) is 58.5 Å². The lowest BCUT2D eigenvalue weighted by Gasteiger charge is -2.48. The lowest BCUT2D eigenvalue weighted by Crippen LogP contribution is -2.59. The van der Waals surface area contributed by atoms with Crippen LogP contribution in [0.25, 0.3) is 11.3 Å². The molecule has 0 radical (unpaired) electrons. The Balaban J connectivity index is 1.42. The van der Waals surface area contributed by atoms with Crippen LogP contribution in [-0.2, 0) is 11.3 Å². The molecule has 1 aliphatic carbocycles. The molecule has 4 rings (SSSR count). The average Bonchev–Trinajstić information content (AvgIpc) is 3.19. The molecule has 3 heterocycles. The van der Waals surface area contributed by atoms with Gasteiger partial charge in [-0.3, -0.25) is 15.0 Å². The minimum absolute atomic E-state index is 0.292. The second-order valence-corrected chi connectivity index (χ2v) is 7.50. The molecule has 0 spiro atoms. The van der Waals surface area contributed by atoms with Crippen molar-refractivity contribution in [3.8, 4) is 11.3 Å². The molecule has 26 heavy (non-hydrogen) atoms. The summed E-state index contributed by atoms with van der Waals surface area (Å²) in [4.78, 5) is 6.90. The van der Waals surface area contributed by atoms with Gasteiger partial charge in [0.1, 0.15) is 0 Å². The van der Waals surface area contributed by atoms with E-state index in [1.54, 1.807) is 6.20 Å². The maximum atomic E-state index is 5.58. The minimum Gasteiger partial charge on any atom is -0.379 e. The molecular formula is C20H29N5O. The molecule has 1 saturated heterocycles. The highest BCUT2D eigenvalue weighted by molar-refractivity contribution is 5.61. The van der Waals surface area contributed by atoms with Crippen LogP contribution in [0, 0.1) is 0 Å². The van der Waals surface area contributed by atoms with Crippen LogP contribution in [0.15, 0.2) is 30.7 Å². The van der Waals surface area contributed by atoms with Crippen molar-refractivity contribution < 1.29 is 4.74 Å². The fourth-order valence-corrected chi connectivity index (χ4v) is 4.49. The van der Waals surface area contributed by atoms with Gasteiger partial charge in [-0.2, -0.15) is 5.10 Å². The number of hydrogen-bond donors (Lipinski definition) is 2. The fraction of sp³-hybridized carbons (Fsp3) is 0.600. The van der Waals surface area contributed by atoms with Gasteiger partial charge in [0.2, 0.25) is 0 Å². The van der Waals surface area contributed by atoms with Crippen molar-refractivity contribution in [1.82, 2.24) is 25.4 Å². The van der Waals surface area contributed by atoms with Crippen LogP contribution >= 0.6 is 0 Å². The number of rotatable bonds is 6. The number of aromatic amines is 1. The van der Waals surface area contributed by atoms with E-state index in [9.17, 15) is 0 Å². The van der Waals surface area contributed by atoms with Crippen molar-refractivity contribution in [3.05, 3.63) is 36.3 Å². The van der Waals surface area contributed by atoms with Crippen LogP contribution in [0.2, 0.25) is 0 Å². The summed E-state index contributed by atoms with van der Waals surface area (Å²) in [6.45, 7) is 5.73. The molecule has 140 valence electrons. The van der Waals surface area contributed by atoms with Crippen LogP contribution < -0.4 is 5.32 Å². The first kappa shape index (κ1) is 17.6. The van der Waals surface area contributed by atoms with E-state index in [0.717, 1.165) is 50.7 Å². The molecule has 0 bridgehead atoms. The Morgan fingerprint density at radius 1 is 1.15 bits per heavy atom. The van der Waals surface area contributed by atoms with E-state index in [1.807, 2.05) is 18.5 Å². The van der Waals surface area contributed by atoms with E-state index in [0.29, 0.717) is 5.54 Å². The zero-order valence-corrected chi connectivity index (χ0v) is 15.4. The van der Waals surface area contributed by atoms with Gasteiger partial charge in [-0.25, -0.2) is 0 Å². The van der Waals surface area contributed by atoms with E-state index < -0.39 is 0 Å². The molecule has 0 aromatic carbocycles. The van der Waals surface area contributed by atoms with Crippen LogP contribution in [0.5, 0.6) is 0 Å². The predicted octanol–water partition coefficient (Wildman–Crippen LogP) is 2.60. The number of ether oxygens (including phenoxy) is 1. The van der Waals surface area contributed by atoms with E-state index in [2.05, 4.69) is 31.5 Å². The Morgan fingerprint density at radius 2 is 2.00 bits per heavy atom. The van der Waals surface area contributed by atoms with Crippen LogP contribution in [0.4, 0.5) is 0 Å². The van der Waals surface area contributed by atoms with E-state index in [1.165, 1.54) is 37.7 Å². The first-order valence-electron chi connectivity index (χ1n) is 9.84. The molecule has 6 heteroatoms. The van der Waals surface area contributed by atoms with Gasteiger partial charge in [-0.15, -0.1) is 0 Å². The number of pyridine rings is 1. The quantitative estimate of drug-likeness (QED) is 0.834. The van der Waals surface area contributed by atoms with Gasteiger partial charge in [0.25, 0.3) is 0 Å². The molecule has 0 unspecified atom stereocenters. The molecular weight excluding hydrogens is 326 g/mol. The topological polar surface area (TPSA) is 66.1 Å². The molecule has 2 aromatic heterocycles. The third-order valence-corrected chi connectivity index (χ3v) is 5.90. The van der Waals surface area contributed by atoms with Gasteiger partial charge in [0, 0.05) is 55.2 Å². The van der Waals surface area contributed by atoms with E-state index in [4.69, 9.17) is 4.74 Å². The Labute approximate surface area is 155 Å². The van der Waals surface area contributed by atoms with Gasteiger partial charge < -0.3 is 10.1 Å². The zero-order chi connectivity index (χ0) is 17.7. The van der Waals surface area contributed by atoms with Gasteiger partial charge in [-0.05, 0) is 25.0 Å². The zero-order valence-electron chi connectivity index (χ0n) is 15.4. The second-order valence-electron chi connectivity index (χ2n) is 7.50. The fourth-order valence-electron chi connectivity index (χ4n) is 4.49. The summed E-state index contributed by atoms with van der Waals surface area (Å²) in [7, 11) is 0. The Kier molecular flexibility index (Phi) is 5.62. The summed E-state index contributed by atoms with van der Waals surface area (Å²) in [5.41, 5.74) is 3.64. The summed E-state index contributed by atoms with van der Waals surface area (Å²) < 4.78 is 5.58. The van der Waals surface area contributed by atoms with Crippen LogP contribution in [0.3, 0.4) is 0 Å². The number of nitrogens with one attached hydrogen (secondary N) is 2. The lowest BCUT2D eigenvalue weighted by atomic mass is 9.79. The van der Waals surface area contributed by atoms with Crippen molar-refractivity contribution in [1.29, 1.82) is 0 Å². The summed E-state index contributed by atoms with van der Waals surface area (Å²) >= 11 is 0. The number of aromatic nitrogens is 3. The van der Waals surface area contributed by atoms with Crippen molar-refractivity contribution in [2.24, 2.45) is 0 Å². The summed E-state index contributed by atoms with van der Waals surface area (Å²) in [6.07, 6.45) is 12.2. The largest absolute Gasteiger partial charge is 0.379 e. The number of hydrogen-bond acceptors (Lipinski definition) is 5. The monoisotopic (exact) mass is 355 g/mol. The molecule has 0 amide bonds. The van der Waals surface area contributed by atoms with Crippen molar-refractivity contribution in [3.63, 3.8) is 0 Å². The maximum absolute atomic E-state index is 5.58. The second kappa shape index (κ2) is 8.29. The first-order valence-corrected chi connectivity index (χ1v) is 9.84. The molecule has 2 aliphatic rings. The first-order chi connectivity index (χ1) is 12.9. The third-order valence-electron chi connectivity index (χ3n) is 5.90. The molecule has 0 atom stereocenters. The molecule has 6 nitrogen and oxygen atoms in total. The summed E-state index contributed by atoms with van der Waals surface area (Å²) in [6, 6.07) is 4.03. The third kappa shape index (κ3) is 3.82. The van der Waals surface area contributed by atoms with Gasteiger partial charge in [-0.1, -0.05) is 19.3 Å². The normalized spacial score (nSPS) is 20.9. The predicted molar refractivity (Wildman–Crippen MR) is 102 cm³/mol.